The first-order valence-electron chi connectivity index (χ1n) is 10.2. The highest BCUT2D eigenvalue weighted by Gasteiger charge is 2.14. The molecule has 0 bridgehead atoms. The van der Waals surface area contributed by atoms with Crippen molar-refractivity contribution in [3.05, 3.63) is 82.0 Å². The molecular formula is C24H24ClN5O. The van der Waals surface area contributed by atoms with Gasteiger partial charge >= 0.3 is 0 Å². The van der Waals surface area contributed by atoms with E-state index in [4.69, 9.17) is 17.3 Å². The number of aromatic nitrogens is 3. The van der Waals surface area contributed by atoms with Gasteiger partial charge in [-0.3, -0.25) is 4.79 Å². The summed E-state index contributed by atoms with van der Waals surface area (Å²) in [5.41, 5.74) is 11.9. The van der Waals surface area contributed by atoms with Crippen molar-refractivity contribution in [3.8, 4) is 11.1 Å². The van der Waals surface area contributed by atoms with Crippen molar-refractivity contribution >= 4 is 29.1 Å². The van der Waals surface area contributed by atoms with Crippen molar-refractivity contribution in [2.45, 2.75) is 26.7 Å². The maximum atomic E-state index is 12.8. The number of hydrogen-bond donors (Lipinski definition) is 2. The van der Waals surface area contributed by atoms with Gasteiger partial charge in [0.2, 0.25) is 5.95 Å². The zero-order valence-electron chi connectivity index (χ0n) is 17.5. The Balaban J connectivity index is 1.48. The van der Waals surface area contributed by atoms with E-state index in [1.165, 1.54) is 11.1 Å². The largest absolute Gasteiger partial charge is 0.366 e. The Morgan fingerprint density at radius 2 is 1.90 bits per heavy atom. The number of nitrogens with zero attached hydrogens (tertiary/aromatic N) is 3. The third-order valence-electron chi connectivity index (χ3n) is 5.27. The number of fused-ring (bicyclic) bond motifs is 1. The van der Waals surface area contributed by atoms with Crippen molar-refractivity contribution in [1.29, 1.82) is 0 Å². The lowest BCUT2D eigenvalue weighted by atomic mass is 9.99. The van der Waals surface area contributed by atoms with Crippen molar-refractivity contribution in [2.24, 2.45) is 0 Å². The zero-order chi connectivity index (χ0) is 22.0. The van der Waals surface area contributed by atoms with E-state index in [0.29, 0.717) is 22.8 Å². The highest BCUT2D eigenvalue weighted by Crippen LogP contribution is 2.31. The first-order chi connectivity index (χ1) is 14.9. The predicted molar refractivity (Wildman–Crippen MR) is 124 cm³/mol. The molecule has 1 amide bonds. The average Bonchev–Trinajstić information content (AvgIpc) is 3.11. The summed E-state index contributed by atoms with van der Waals surface area (Å²) in [6.07, 6.45) is 3.57. The maximum Gasteiger partial charge on any atom is 0.251 e. The van der Waals surface area contributed by atoms with Crippen molar-refractivity contribution in [2.75, 3.05) is 12.3 Å². The molecule has 6 nitrogen and oxygen atoms in total. The summed E-state index contributed by atoms with van der Waals surface area (Å²) < 4.78 is 1.60. The number of pyridine rings is 1. The van der Waals surface area contributed by atoms with E-state index in [1.54, 1.807) is 10.7 Å². The normalized spacial score (nSPS) is 11.1. The fourth-order valence-electron chi connectivity index (χ4n) is 3.55. The van der Waals surface area contributed by atoms with Crippen LogP contribution in [0.3, 0.4) is 0 Å². The minimum Gasteiger partial charge on any atom is -0.366 e. The number of benzene rings is 2. The number of nitrogens with two attached hydrogens (primary N) is 1. The summed E-state index contributed by atoms with van der Waals surface area (Å²) in [5, 5.41) is 7.69. The van der Waals surface area contributed by atoms with E-state index in [9.17, 15) is 4.79 Å². The number of nitrogen functional groups attached to an aromatic ring is 1. The Morgan fingerprint density at radius 1 is 1.13 bits per heavy atom. The summed E-state index contributed by atoms with van der Waals surface area (Å²) in [6, 6.07) is 15.9. The van der Waals surface area contributed by atoms with Crippen LogP contribution in [-0.2, 0) is 6.42 Å². The number of carbonyl (C=O) groups excluding carboxylic acids is 1. The Kier molecular flexibility index (Phi) is 5.91. The Morgan fingerprint density at radius 3 is 2.68 bits per heavy atom. The van der Waals surface area contributed by atoms with Crippen molar-refractivity contribution < 1.29 is 4.79 Å². The van der Waals surface area contributed by atoms with E-state index >= 15 is 0 Å². The number of aryl methyl sites for hydroxylation is 3. The maximum absolute atomic E-state index is 12.8. The van der Waals surface area contributed by atoms with Crippen LogP contribution in [0.2, 0.25) is 5.02 Å². The number of carbonyl (C=O) groups is 1. The molecule has 0 saturated heterocycles. The fraction of sp³-hybridized carbons (Fsp3) is 0.208. The van der Waals surface area contributed by atoms with Gasteiger partial charge in [0.25, 0.3) is 5.91 Å². The number of nitrogens with one attached hydrogen (secondary N) is 1. The van der Waals surface area contributed by atoms with Crippen LogP contribution in [0.15, 0.2) is 54.7 Å². The van der Waals surface area contributed by atoms with Crippen LogP contribution in [0.4, 0.5) is 5.95 Å². The molecule has 4 rings (SSSR count). The summed E-state index contributed by atoms with van der Waals surface area (Å²) in [7, 11) is 0. The lowest BCUT2D eigenvalue weighted by Crippen LogP contribution is -2.25. The van der Waals surface area contributed by atoms with Gasteiger partial charge in [-0.15, -0.1) is 5.10 Å². The topological polar surface area (TPSA) is 85.3 Å². The van der Waals surface area contributed by atoms with Crippen LogP contribution in [0.25, 0.3) is 16.8 Å². The molecule has 2 aromatic carbocycles. The predicted octanol–water partition coefficient (Wildman–Crippen LogP) is 4.61. The van der Waals surface area contributed by atoms with Crippen molar-refractivity contribution in [1.82, 2.24) is 19.9 Å². The van der Waals surface area contributed by atoms with Gasteiger partial charge in [-0.2, -0.15) is 4.98 Å². The summed E-state index contributed by atoms with van der Waals surface area (Å²) in [4.78, 5) is 17.0. The Labute approximate surface area is 186 Å². The van der Waals surface area contributed by atoms with Crippen LogP contribution >= 0.6 is 11.6 Å². The number of halogens is 1. The van der Waals surface area contributed by atoms with Gasteiger partial charge in [-0.25, -0.2) is 4.52 Å². The van der Waals surface area contributed by atoms with E-state index in [1.807, 2.05) is 31.2 Å². The minimum absolute atomic E-state index is 0.105. The lowest BCUT2D eigenvalue weighted by Gasteiger charge is -2.12. The standard InChI is InChI=1S/C24H24ClN5O/c1-15-5-7-17(8-6-15)4-3-10-27-23(31)19-14-20(21(25)12-16(19)2)18-9-11-30-22(13-18)28-24(26)29-30/h5-9,11-14H,3-4,10H2,1-2H3,(H2,26,29)(H,27,31). The molecule has 0 aliphatic heterocycles. The molecule has 0 atom stereocenters. The van der Waals surface area contributed by atoms with Gasteiger partial charge in [0, 0.05) is 28.9 Å². The van der Waals surface area contributed by atoms with E-state index < -0.39 is 0 Å². The molecule has 0 spiro atoms. The van der Waals surface area contributed by atoms with Gasteiger partial charge in [0.15, 0.2) is 5.65 Å². The summed E-state index contributed by atoms with van der Waals surface area (Å²) in [6.45, 7) is 4.57. The van der Waals surface area contributed by atoms with Gasteiger partial charge in [-0.05, 0) is 67.6 Å². The molecule has 0 fully saturated rings. The second kappa shape index (κ2) is 8.78. The van der Waals surface area contributed by atoms with Crippen LogP contribution in [-0.4, -0.2) is 27.0 Å². The summed E-state index contributed by atoms with van der Waals surface area (Å²) >= 11 is 6.50. The number of amides is 1. The molecule has 31 heavy (non-hydrogen) atoms. The van der Waals surface area contributed by atoms with Crippen LogP contribution in [0.1, 0.15) is 33.5 Å². The highest BCUT2D eigenvalue weighted by molar-refractivity contribution is 6.33. The van der Waals surface area contributed by atoms with Gasteiger partial charge in [-0.1, -0.05) is 41.4 Å². The molecule has 0 saturated carbocycles. The Hall–Kier alpha value is -3.38. The zero-order valence-corrected chi connectivity index (χ0v) is 18.3. The number of rotatable bonds is 6. The highest BCUT2D eigenvalue weighted by atomic mass is 35.5. The molecule has 0 aliphatic rings. The molecule has 3 N–H and O–H groups in total. The first kappa shape index (κ1) is 20.9. The van der Waals surface area contributed by atoms with Gasteiger partial charge in [0.05, 0.1) is 0 Å². The molecule has 0 unspecified atom stereocenters. The molecule has 7 heteroatoms. The first-order valence-corrected chi connectivity index (χ1v) is 10.5. The average molecular weight is 434 g/mol. The third kappa shape index (κ3) is 4.70. The molecule has 158 valence electrons. The molecule has 2 heterocycles. The second-order valence-electron chi connectivity index (χ2n) is 7.68. The molecule has 0 aliphatic carbocycles. The third-order valence-corrected chi connectivity index (χ3v) is 5.58. The van der Waals surface area contributed by atoms with Gasteiger partial charge in [0.1, 0.15) is 0 Å². The fourth-order valence-corrected chi connectivity index (χ4v) is 3.88. The monoisotopic (exact) mass is 433 g/mol. The molecule has 4 aromatic rings. The van der Waals surface area contributed by atoms with Gasteiger partial charge < -0.3 is 11.1 Å². The molecule has 0 radical (unpaired) electrons. The Bertz CT molecular complexity index is 1250. The second-order valence-corrected chi connectivity index (χ2v) is 8.09. The van der Waals surface area contributed by atoms with E-state index in [-0.39, 0.29) is 11.9 Å². The smallest absolute Gasteiger partial charge is 0.251 e. The number of anilines is 1. The SMILES string of the molecule is Cc1ccc(CCCNC(=O)c2cc(-c3ccn4nc(N)nc4c3)c(Cl)cc2C)cc1. The number of hydrogen-bond acceptors (Lipinski definition) is 4. The van der Waals surface area contributed by atoms with Crippen LogP contribution in [0.5, 0.6) is 0 Å². The lowest BCUT2D eigenvalue weighted by molar-refractivity contribution is 0.0952. The van der Waals surface area contributed by atoms with E-state index in [2.05, 4.69) is 46.6 Å². The van der Waals surface area contributed by atoms with Crippen molar-refractivity contribution in [3.63, 3.8) is 0 Å². The van der Waals surface area contributed by atoms with Crippen LogP contribution in [0, 0.1) is 13.8 Å². The molecule has 2 aromatic heterocycles. The van der Waals surface area contributed by atoms with Crippen LogP contribution < -0.4 is 11.1 Å². The quantitative estimate of drug-likeness (QED) is 0.435. The minimum atomic E-state index is -0.105. The van der Waals surface area contributed by atoms with E-state index in [0.717, 1.165) is 29.5 Å². The molecular weight excluding hydrogens is 410 g/mol. The summed E-state index contributed by atoms with van der Waals surface area (Å²) in [5.74, 6) is 0.102.